The molecule has 0 unspecified atom stereocenters. The SMILES string of the molecule is NC1=Nc2ccc(C(F)(F)F)cc2C(c2ccccc2)=NCC1. The van der Waals surface area contributed by atoms with E-state index in [4.69, 9.17) is 5.73 Å². The fourth-order valence-electron chi connectivity index (χ4n) is 2.42. The summed E-state index contributed by atoms with van der Waals surface area (Å²) in [5.74, 6) is 0.363. The third kappa shape index (κ3) is 3.26. The standard InChI is InChI=1S/C17H14F3N3/c18-17(19,20)12-6-7-14-13(10-12)16(11-4-2-1-3-5-11)22-9-8-15(21)23-14/h1-7,10H,8-9H2,(H2,21,23). The molecule has 0 amide bonds. The molecule has 0 fully saturated rings. The van der Waals surface area contributed by atoms with Crippen LogP contribution in [0.1, 0.15) is 23.1 Å². The van der Waals surface area contributed by atoms with Gasteiger partial charge in [-0.3, -0.25) is 4.99 Å². The van der Waals surface area contributed by atoms with Gasteiger partial charge in [-0.05, 0) is 18.2 Å². The lowest BCUT2D eigenvalue weighted by molar-refractivity contribution is -0.137. The monoisotopic (exact) mass is 317 g/mol. The molecule has 0 bridgehead atoms. The smallest absolute Gasteiger partial charge is 0.387 e. The fraction of sp³-hybridized carbons (Fsp3) is 0.176. The zero-order valence-electron chi connectivity index (χ0n) is 12.1. The van der Waals surface area contributed by atoms with Crippen LogP contribution >= 0.6 is 0 Å². The Morgan fingerprint density at radius 2 is 1.74 bits per heavy atom. The molecule has 0 spiro atoms. The molecule has 0 aliphatic carbocycles. The number of aliphatic imine (C=N–C) groups is 2. The molecule has 0 aromatic heterocycles. The highest BCUT2D eigenvalue weighted by atomic mass is 19.4. The van der Waals surface area contributed by atoms with Crippen molar-refractivity contribution >= 4 is 17.2 Å². The third-order valence-corrected chi connectivity index (χ3v) is 3.53. The van der Waals surface area contributed by atoms with Gasteiger partial charge in [0.1, 0.15) is 5.84 Å². The van der Waals surface area contributed by atoms with Gasteiger partial charge in [-0.2, -0.15) is 13.2 Å². The summed E-state index contributed by atoms with van der Waals surface area (Å²) < 4.78 is 39.1. The minimum atomic E-state index is -4.42. The lowest BCUT2D eigenvalue weighted by Gasteiger charge is -2.16. The van der Waals surface area contributed by atoms with Gasteiger partial charge in [0.2, 0.25) is 0 Å². The largest absolute Gasteiger partial charge is 0.416 e. The minimum Gasteiger partial charge on any atom is -0.387 e. The second-order valence-electron chi connectivity index (χ2n) is 5.18. The number of nitrogens with zero attached hydrogens (tertiary/aromatic N) is 2. The van der Waals surface area contributed by atoms with Gasteiger partial charge >= 0.3 is 6.18 Å². The number of hydrogen-bond acceptors (Lipinski definition) is 3. The lowest BCUT2D eigenvalue weighted by Crippen LogP contribution is -2.17. The Morgan fingerprint density at radius 3 is 2.43 bits per heavy atom. The minimum absolute atomic E-state index is 0.341. The highest BCUT2D eigenvalue weighted by molar-refractivity contribution is 6.16. The molecule has 3 rings (SSSR count). The molecule has 1 aliphatic rings. The molecule has 0 radical (unpaired) electrons. The van der Waals surface area contributed by atoms with Crippen LogP contribution in [0.25, 0.3) is 0 Å². The Labute approximate surface area is 131 Å². The molecular weight excluding hydrogens is 303 g/mol. The van der Waals surface area contributed by atoms with Crippen molar-refractivity contribution < 1.29 is 13.2 Å². The summed E-state index contributed by atoms with van der Waals surface area (Å²) in [6, 6.07) is 12.6. The lowest BCUT2D eigenvalue weighted by atomic mass is 9.97. The van der Waals surface area contributed by atoms with E-state index < -0.39 is 11.7 Å². The van der Waals surface area contributed by atoms with E-state index in [1.807, 2.05) is 30.3 Å². The van der Waals surface area contributed by atoms with E-state index in [0.717, 1.165) is 17.7 Å². The summed E-state index contributed by atoms with van der Waals surface area (Å²) in [6.45, 7) is 0.384. The van der Waals surface area contributed by atoms with E-state index >= 15 is 0 Å². The second kappa shape index (κ2) is 5.87. The predicted octanol–water partition coefficient (Wildman–Crippen LogP) is 3.94. The summed E-state index contributed by atoms with van der Waals surface area (Å²) in [6.07, 6.45) is -3.95. The molecule has 0 atom stereocenters. The first kappa shape index (κ1) is 15.3. The average Bonchev–Trinajstić information content (AvgIpc) is 2.50. The molecule has 2 N–H and O–H groups in total. The molecule has 6 heteroatoms. The number of hydrogen-bond donors (Lipinski definition) is 1. The molecule has 1 aliphatic heterocycles. The quantitative estimate of drug-likeness (QED) is 0.851. The molecule has 118 valence electrons. The number of benzene rings is 2. The molecule has 3 nitrogen and oxygen atoms in total. The molecule has 0 saturated heterocycles. The summed E-state index contributed by atoms with van der Waals surface area (Å²) >= 11 is 0. The van der Waals surface area contributed by atoms with Crippen LogP contribution in [-0.4, -0.2) is 18.1 Å². The van der Waals surface area contributed by atoms with Crippen molar-refractivity contribution in [1.82, 2.24) is 0 Å². The van der Waals surface area contributed by atoms with Gasteiger partial charge in [0.15, 0.2) is 0 Å². The summed E-state index contributed by atoms with van der Waals surface area (Å²) in [7, 11) is 0. The predicted molar refractivity (Wildman–Crippen MR) is 84.3 cm³/mol. The molecule has 2 aromatic carbocycles. The maximum Gasteiger partial charge on any atom is 0.416 e. The zero-order valence-corrected chi connectivity index (χ0v) is 12.1. The van der Waals surface area contributed by atoms with Crippen molar-refractivity contribution in [2.45, 2.75) is 12.6 Å². The van der Waals surface area contributed by atoms with Crippen LogP contribution in [0.2, 0.25) is 0 Å². The molecule has 23 heavy (non-hydrogen) atoms. The van der Waals surface area contributed by atoms with E-state index in [0.29, 0.717) is 35.8 Å². The van der Waals surface area contributed by atoms with Crippen molar-refractivity contribution in [2.24, 2.45) is 15.7 Å². The van der Waals surface area contributed by atoms with Gasteiger partial charge in [-0.1, -0.05) is 30.3 Å². The molecule has 1 heterocycles. The van der Waals surface area contributed by atoms with Gasteiger partial charge in [0, 0.05) is 24.1 Å². The van der Waals surface area contributed by atoms with Crippen LogP contribution in [-0.2, 0) is 6.18 Å². The van der Waals surface area contributed by atoms with Crippen molar-refractivity contribution in [3.05, 3.63) is 65.2 Å². The van der Waals surface area contributed by atoms with Gasteiger partial charge in [0.25, 0.3) is 0 Å². The Morgan fingerprint density at radius 1 is 1.00 bits per heavy atom. The summed E-state index contributed by atoms with van der Waals surface area (Å²) in [5.41, 5.74) is 7.06. The summed E-state index contributed by atoms with van der Waals surface area (Å²) in [4.78, 5) is 8.70. The fourth-order valence-corrected chi connectivity index (χ4v) is 2.42. The Hall–Kier alpha value is -2.63. The van der Waals surface area contributed by atoms with Gasteiger partial charge in [-0.15, -0.1) is 0 Å². The van der Waals surface area contributed by atoms with E-state index in [-0.39, 0.29) is 0 Å². The van der Waals surface area contributed by atoms with Gasteiger partial charge < -0.3 is 5.73 Å². The number of rotatable bonds is 1. The number of alkyl halides is 3. The highest BCUT2D eigenvalue weighted by Crippen LogP contribution is 2.34. The topological polar surface area (TPSA) is 50.7 Å². The number of nitrogens with two attached hydrogens (primary N) is 1. The number of fused-ring (bicyclic) bond motifs is 1. The van der Waals surface area contributed by atoms with Crippen molar-refractivity contribution in [2.75, 3.05) is 6.54 Å². The van der Waals surface area contributed by atoms with Crippen LogP contribution in [0.15, 0.2) is 58.5 Å². The Bertz CT molecular complexity index is 777. The van der Waals surface area contributed by atoms with Crippen LogP contribution in [0, 0.1) is 0 Å². The Balaban J connectivity index is 2.22. The van der Waals surface area contributed by atoms with Crippen LogP contribution < -0.4 is 5.73 Å². The zero-order chi connectivity index (χ0) is 16.4. The molecule has 2 aromatic rings. The third-order valence-electron chi connectivity index (χ3n) is 3.53. The maximum atomic E-state index is 13.0. The van der Waals surface area contributed by atoms with Crippen LogP contribution in [0.5, 0.6) is 0 Å². The van der Waals surface area contributed by atoms with E-state index in [2.05, 4.69) is 9.98 Å². The molecular formula is C17H14F3N3. The van der Waals surface area contributed by atoms with Crippen molar-refractivity contribution in [3.63, 3.8) is 0 Å². The number of amidine groups is 1. The van der Waals surface area contributed by atoms with Crippen molar-refractivity contribution in [1.29, 1.82) is 0 Å². The summed E-state index contributed by atoms with van der Waals surface area (Å²) in [5, 5.41) is 0. The van der Waals surface area contributed by atoms with Gasteiger partial charge in [-0.25, -0.2) is 4.99 Å². The highest BCUT2D eigenvalue weighted by Gasteiger charge is 2.31. The van der Waals surface area contributed by atoms with Crippen LogP contribution in [0.3, 0.4) is 0 Å². The second-order valence-corrected chi connectivity index (χ2v) is 5.18. The maximum absolute atomic E-state index is 13.0. The first-order valence-corrected chi connectivity index (χ1v) is 7.09. The molecule has 0 saturated carbocycles. The van der Waals surface area contributed by atoms with E-state index in [9.17, 15) is 13.2 Å². The van der Waals surface area contributed by atoms with Crippen molar-refractivity contribution in [3.8, 4) is 0 Å². The van der Waals surface area contributed by atoms with E-state index in [1.165, 1.54) is 6.07 Å². The average molecular weight is 317 g/mol. The first-order chi connectivity index (χ1) is 10.9. The van der Waals surface area contributed by atoms with Gasteiger partial charge in [0.05, 0.1) is 17.0 Å². The Kier molecular flexibility index (Phi) is 3.90. The normalized spacial score (nSPS) is 15.1. The van der Waals surface area contributed by atoms with Crippen LogP contribution in [0.4, 0.5) is 18.9 Å². The van der Waals surface area contributed by atoms with E-state index in [1.54, 1.807) is 0 Å². The number of halogens is 3. The first-order valence-electron chi connectivity index (χ1n) is 7.09.